The minimum atomic E-state index is -0.249. The lowest BCUT2D eigenvalue weighted by Gasteiger charge is -2.16. The molecule has 1 saturated heterocycles. The fourth-order valence-electron chi connectivity index (χ4n) is 1.45. The smallest absolute Gasteiger partial charge is 0.248 e. The molecule has 1 N–H and O–H groups in total. The fourth-order valence-corrected chi connectivity index (χ4v) is 1.97. The monoisotopic (exact) mass is 258 g/mol. The van der Waals surface area contributed by atoms with Gasteiger partial charge in [0.2, 0.25) is 11.8 Å². The Labute approximate surface area is 102 Å². The first-order valence-electron chi connectivity index (χ1n) is 4.65. The second kappa shape index (κ2) is 4.31. The zero-order valence-electron chi connectivity index (χ0n) is 8.17. The molecule has 0 radical (unpaired) electrons. The van der Waals surface area contributed by atoms with Gasteiger partial charge in [-0.05, 0) is 18.2 Å². The van der Waals surface area contributed by atoms with Crippen LogP contribution in [-0.2, 0) is 9.59 Å². The van der Waals surface area contributed by atoms with Gasteiger partial charge in [0.15, 0.2) is 0 Å². The van der Waals surface area contributed by atoms with Crippen LogP contribution in [0.1, 0.15) is 12.8 Å². The number of hydrazine groups is 1. The van der Waals surface area contributed by atoms with Crippen LogP contribution in [0.3, 0.4) is 0 Å². The number of benzene rings is 1. The number of rotatable bonds is 2. The molecule has 1 aromatic carbocycles. The maximum absolute atomic E-state index is 11.3. The van der Waals surface area contributed by atoms with Crippen molar-refractivity contribution in [3.05, 3.63) is 28.2 Å². The largest absolute Gasteiger partial charge is 0.289 e. The zero-order chi connectivity index (χ0) is 11.7. The molecular formula is C10H8Cl2N2O2. The van der Waals surface area contributed by atoms with Crippen LogP contribution in [-0.4, -0.2) is 16.8 Å². The van der Waals surface area contributed by atoms with E-state index >= 15 is 0 Å². The first-order valence-corrected chi connectivity index (χ1v) is 5.40. The van der Waals surface area contributed by atoms with E-state index in [2.05, 4.69) is 5.43 Å². The van der Waals surface area contributed by atoms with Crippen molar-refractivity contribution in [1.29, 1.82) is 0 Å². The second-order valence-electron chi connectivity index (χ2n) is 3.39. The number of nitrogens with one attached hydrogen (secondary N) is 1. The summed E-state index contributed by atoms with van der Waals surface area (Å²) in [6.45, 7) is 0. The van der Waals surface area contributed by atoms with Crippen LogP contribution in [0.2, 0.25) is 10.0 Å². The van der Waals surface area contributed by atoms with Gasteiger partial charge >= 0.3 is 0 Å². The molecule has 1 aromatic rings. The maximum atomic E-state index is 11.3. The van der Waals surface area contributed by atoms with Crippen molar-refractivity contribution < 1.29 is 9.59 Å². The van der Waals surface area contributed by atoms with Crippen molar-refractivity contribution in [2.45, 2.75) is 12.8 Å². The summed E-state index contributed by atoms with van der Waals surface area (Å²) < 4.78 is 0. The lowest BCUT2D eigenvalue weighted by atomic mass is 10.3. The van der Waals surface area contributed by atoms with E-state index in [4.69, 9.17) is 23.2 Å². The molecule has 0 atom stereocenters. The number of imide groups is 1. The molecule has 0 unspecified atom stereocenters. The van der Waals surface area contributed by atoms with Crippen molar-refractivity contribution in [2.75, 3.05) is 5.43 Å². The van der Waals surface area contributed by atoms with Gasteiger partial charge in [0.05, 0.1) is 5.69 Å². The summed E-state index contributed by atoms with van der Waals surface area (Å²) >= 11 is 11.6. The molecule has 1 fully saturated rings. The summed E-state index contributed by atoms with van der Waals surface area (Å²) in [5, 5.41) is 1.87. The molecule has 0 aliphatic carbocycles. The number of amides is 2. The summed E-state index contributed by atoms with van der Waals surface area (Å²) in [5.41, 5.74) is 3.20. The molecule has 0 aromatic heterocycles. The second-order valence-corrected chi connectivity index (χ2v) is 4.27. The Morgan fingerprint density at radius 2 is 1.50 bits per heavy atom. The van der Waals surface area contributed by atoms with E-state index in [0.29, 0.717) is 15.7 Å². The molecule has 6 heteroatoms. The number of nitrogens with zero attached hydrogens (tertiary/aromatic N) is 1. The van der Waals surface area contributed by atoms with Gasteiger partial charge in [-0.2, -0.15) is 5.01 Å². The summed E-state index contributed by atoms with van der Waals surface area (Å²) in [6, 6.07) is 4.75. The van der Waals surface area contributed by atoms with Crippen LogP contribution in [0.15, 0.2) is 18.2 Å². The van der Waals surface area contributed by atoms with Crippen molar-refractivity contribution in [1.82, 2.24) is 5.01 Å². The highest BCUT2D eigenvalue weighted by Crippen LogP contribution is 2.24. The molecule has 2 rings (SSSR count). The van der Waals surface area contributed by atoms with Gasteiger partial charge in [-0.3, -0.25) is 15.0 Å². The molecule has 84 valence electrons. The first-order chi connectivity index (χ1) is 7.56. The van der Waals surface area contributed by atoms with Crippen molar-refractivity contribution >= 4 is 40.7 Å². The average Bonchev–Trinajstić information content (AvgIpc) is 2.48. The van der Waals surface area contributed by atoms with E-state index < -0.39 is 0 Å². The van der Waals surface area contributed by atoms with E-state index in [1.165, 1.54) is 0 Å². The quantitative estimate of drug-likeness (QED) is 0.830. The minimum Gasteiger partial charge on any atom is -0.289 e. The fraction of sp³-hybridized carbons (Fsp3) is 0.200. The van der Waals surface area contributed by atoms with Gasteiger partial charge in [-0.1, -0.05) is 23.2 Å². The lowest BCUT2D eigenvalue weighted by Crippen LogP contribution is -2.34. The molecule has 0 saturated carbocycles. The van der Waals surface area contributed by atoms with Gasteiger partial charge in [0.25, 0.3) is 0 Å². The van der Waals surface area contributed by atoms with Crippen LogP contribution in [0.5, 0.6) is 0 Å². The average molecular weight is 259 g/mol. The van der Waals surface area contributed by atoms with Gasteiger partial charge < -0.3 is 0 Å². The van der Waals surface area contributed by atoms with Crippen molar-refractivity contribution in [2.24, 2.45) is 0 Å². The van der Waals surface area contributed by atoms with Gasteiger partial charge in [0.1, 0.15) is 0 Å². The molecular weight excluding hydrogens is 251 g/mol. The normalized spacial score (nSPS) is 15.8. The summed E-state index contributed by atoms with van der Waals surface area (Å²) in [5.74, 6) is -0.498. The van der Waals surface area contributed by atoms with E-state index in [0.717, 1.165) is 5.01 Å². The van der Waals surface area contributed by atoms with Crippen LogP contribution < -0.4 is 5.43 Å². The van der Waals surface area contributed by atoms with Crippen molar-refractivity contribution in [3.8, 4) is 0 Å². The van der Waals surface area contributed by atoms with Gasteiger partial charge in [0, 0.05) is 22.9 Å². The molecule has 2 amide bonds. The molecule has 1 heterocycles. The number of hydrogen-bond donors (Lipinski definition) is 1. The van der Waals surface area contributed by atoms with Crippen LogP contribution >= 0.6 is 23.2 Å². The zero-order valence-corrected chi connectivity index (χ0v) is 9.68. The molecule has 1 aliphatic heterocycles. The van der Waals surface area contributed by atoms with E-state index in [1.807, 2.05) is 0 Å². The van der Waals surface area contributed by atoms with E-state index in [9.17, 15) is 9.59 Å². The third-order valence-electron chi connectivity index (χ3n) is 2.15. The van der Waals surface area contributed by atoms with E-state index in [-0.39, 0.29) is 24.7 Å². The first kappa shape index (κ1) is 11.2. The molecule has 16 heavy (non-hydrogen) atoms. The Bertz CT molecular complexity index is 426. The number of carbonyl (C=O) groups excluding carboxylic acids is 2. The Balaban J connectivity index is 2.20. The predicted octanol–water partition coefficient (Wildman–Crippen LogP) is 2.47. The van der Waals surface area contributed by atoms with Crippen LogP contribution in [0.25, 0.3) is 0 Å². The SMILES string of the molecule is O=C1CCC(=O)N1Nc1cc(Cl)cc(Cl)c1. The number of hydrogen-bond acceptors (Lipinski definition) is 3. The highest BCUT2D eigenvalue weighted by atomic mass is 35.5. The maximum Gasteiger partial charge on any atom is 0.248 e. The molecule has 1 aliphatic rings. The van der Waals surface area contributed by atoms with Gasteiger partial charge in [-0.25, -0.2) is 0 Å². The molecule has 4 nitrogen and oxygen atoms in total. The van der Waals surface area contributed by atoms with Crippen LogP contribution in [0, 0.1) is 0 Å². The van der Waals surface area contributed by atoms with E-state index in [1.54, 1.807) is 18.2 Å². The predicted molar refractivity (Wildman–Crippen MR) is 61.2 cm³/mol. The highest BCUT2D eigenvalue weighted by molar-refractivity contribution is 6.35. The Morgan fingerprint density at radius 3 is 2.00 bits per heavy atom. The van der Waals surface area contributed by atoms with Gasteiger partial charge in [-0.15, -0.1) is 0 Å². The minimum absolute atomic E-state index is 0.236. The number of halogens is 2. The Morgan fingerprint density at radius 1 is 1.00 bits per heavy atom. The van der Waals surface area contributed by atoms with Crippen LogP contribution in [0.4, 0.5) is 5.69 Å². The van der Waals surface area contributed by atoms with Crippen molar-refractivity contribution in [3.63, 3.8) is 0 Å². The third kappa shape index (κ3) is 2.28. The Hall–Kier alpha value is -1.26. The standard InChI is InChI=1S/C10H8Cl2N2O2/c11-6-3-7(12)5-8(4-6)13-14-9(15)1-2-10(14)16/h3-5,13H,1-2H2. The highest BCUT2D eigenvalue weighted by Gasteiger charge is 2.29. The number of anilines is 1. The summed E-state index contributed by atoms with van der Waals surface area (Å²) in [7, 11) is 0. The topological polar surface area (TPSA) is 49.4 Å². The molecule has 0 spiro atoms. The Kier molecular flexibility index (Phi) is 3.03. The summed E-state index contributed by atoms with van der Waals surface area (Å²) in [4.78, 5) is 22.7. The lowest BCUT2D eigenvalue weighted by molar-refractivity contribution is -0.136. The summed E-state index contributed by atoms with van der Waals surface area (Å²) in [6.07, 6.45) is 0.472. The number of carbonyl (C=O) groups is 2. The third-order valence-corrected chi connectivity index (χ3v) is 2.59. The molecule has 0 bridgehead atoms.